The Labute approximate surface area is 192 Å². The van der Waals surface area contributed by atoms with Crippen LogP contribution in [0.4, 0.5) is 5.82 Å². The highest BCUT2D eigenvalue weighted by Crippen LogP contribution is 2.15. The molecule has 2 heterocycles. The zero-order chi connectivity index (χ0) is 22.3. The highest BCUT2D eigenvalue weighted by Gasteiger charge is 2.29. The molecule has 3 aromatic rings. The molecule has 0 radical (unpaired) electrons. The number of anilines is 1. The van der Waals surface area contributed by atoms with Gasteiger partial charge in [-0.2, -0.15) is 0 Å². The van der Waals surface area contributed by atoms with E-state index >= 15 is 0 Å². The summed E-state index contributed by atoms with van der Waals surface area (Å²) in [5.74, 6) is 0.522. The Morgan fingerprint density at radius 3 is 2.38 bits per heavy atom. The molecule has 0 saturated carbocycles. The van der Waals surface area contributed by atoms with E-state index in [9.17, 15) is 9.59 Å². The first-order valence-electron chi connectivity index (χ1n) is 10.7. The third kappa shape index (κ3) is 5.45. The average Bonchev–Trinajstić information content (AvgIpc) is 2.84. The fraction of sp³-hybridized carbons (Fsp3) is 0.240. The molecule has 0 unspecified atom stereocenters. The number of carbonyl (C=O) groups excluding carboxylic acids is 2. The summed E-state index contributed by atoms with van der Waals surface area (Å²) in [5, 5.41) is 3.42. The summed E-state index contributed by atoms with van der Waals surface area (Å²) in [7, 11) is 0. The fourth-order valence-corrected chi connectivity index (χ4v) is 4.03. The van der Waals surface area contributed by atoms with Crippen molar-refractivity contribution >= 4 is 29.2 Å². The number of hydrogen-bond donors (Lipinski definition) is 1. The van der Waals surface area contributed by atoms with Crippen molar-refractivity contribution in [2.75, 3.05) is 31.1 Å². The molecule has 0 bridgehead atoms. The predicted molar refractivity (Wildman–Crippen MR) is 126 cm³/mol. The molecule has 2 amide bonds. The third-order valence-corrected chi connectivity index (χ3v) is 5.77. The lowest BCUT2D eigenvalue weighted by Gasteiger charge is -2.37. The van der Waals surface area contributed by atoms with Gasteiger partial charge in [0, 0.05) is 49.4 Å². The molecule has 1 aromatic heterocycles. The van der Waals surface area contributed by atoms with Gasteiger partial charge in [-0.25, -0.2) is 4.98 Å². The van der Waals surface area contributed by atoms with E-state index in [2.05, 4.69) is 15.2 Å². The van der Waals surface area contributed by atoms with Gasteiger partial charge in [0.25, 0.3) is 5.91 Å². The minimum atomic E-state index is -0.662. The first-order valence-corrected chi connectivity index (χ1v) is 11.0. The number of rotatable bonds is 6. The number of nitrogens with one attached hydrogen (secondary N) is 1. The van der Waals surface area contributed by atoms with Crippen LogP contribution in [0.1, 0.15) is 15.9 Å². The van der Waals surface area contributed by atoms with Crippen LogP contribution in [-0.4, -0.2) is 53.9 Å². The van der Waals surface area contributed by atoms with E-state index in [1.165, 1.54) is 0 Å². The maximum absolute atomic E-state index is 13.4. The molecule has 4 rings (SSSR count). The minimum Gasteiger partial charge on any atom is -0.353 e. The number of pyridine rings is 1. The SMILES string of the molecule is O=C(N[C@H](Cc1ccccc1)C(=O)N1CCN(c2ccccn2)CC1)c1cccc(Cl)c1. The van der Waals surface area contributed by atoms with Gasteiger partial charge < -0.3 is 15.1 Å². The summed E-state index contributed by atoms with van der Waals surface area (Å²) in [5.41, 5.74) is 1.42. The van der Waals surface area contributed by atoms with E-state index in [1.807, 2.05) is 53.4 Å². The lowest BCUT2D eigenvalue weighted by atomic mass is 10.0. The number of amides is 2. The molecule has 1 atom stereocenters. The molecule has 0 spiro atoms. The second-order valence-corrected chi connectivity index (χ2v) is 8.16. The molecule has 6 nitrogen and oxygen atoms in total. The van der Waals surface area contributed by atoms with Crippen molar-refractivity contribution in [1.29, 1.82) is 0 Å². The zero-order valence-electron chi connectivity index (χ0n) is 17.7. The summed E-state index contributed by atoms with van der Waals surface area (Å²) in [6, 6.07) is 21.6. The minimum absolute atomic E-state index is 0.0788. The van der Waals surface area contributed by atoms with E-state index in [0.717, 1.165) is 11.4 Å². The Hall–Kier alpha value is -3.38. The lowest BCUT2D eigenvalue weighted by Crippen LogP contribution is -2.55. The van der Waals surface area contributed by atoms with Crippen LogP contribution in [0.2, 0.25) is 5.02 Å². The van der Waals surface area contributed by atoms with Crippen molar-refractivity contribution in [2.24, 2.45) is 0 Å². The predicted octanol–water partition coefficient (Wildman–Crippen LogP) is 3.42. The van der Waals surface area contributed by atoms with Crippen LogP contribution in [0.15, 0.2) is 79.0 Å². The van der Waals surface area contributed by atoms with Gasteiger partial charge in [0.2, 0.25) is 5.91 Å². The molecule has 1 aliphatic rings. The normalized spacial score (nSPS) is 14.7. The Morgan fingerprint density at radius 2 is 1.69 bits per heavy atom. The van der Waals surface area contributed by atoms with Crippen molar-refractivity contribution in [1.82, 2.24) is 15.2 Å². The maximum Gasteiger partial charge on any atom is 0.251 e. The van der Waals surface area contributed by atoms with Crippen molar-refractivity contribution in [3.8, 4) is 0 Å². The molecular formula is C25H25ClN4O2. The number of hydrogen-bond acceptors (Lipinski definition) is 4. The summed E-state index contributed by atoms with van der Waals surface area (Å²) >= 11 is 6.04. The van der Waals surface area contributed by atoms with Crippen LogP contribution >= 0.6 is 11.6 Å². The quantitative estimate of drug-likeness (QED) is 0.627. The number of piperazine rings is 1. The van der Waals surface area contributed by atoms with Crippen molar-refractivity contribution in [3.05, 3.63) is 95.1 Å². The second kappa shape index (κ2) is 10.3. The fourth-order valence-electron chi connectivity index (χ4n) is 3.84. The Kier molecular flexibility index (Phi) is 7.02. The number of benzene rings is 2. The first-order chi connectivity index (χ1) is 15.6. The molecular weight excluding hydrogens is 424 g/mol. The van der Waals surface area contributed by atoms with Gasteiger partial charge >= 0.3 is 0 Å². The number of carbonyl (C=O) groups is 2. The number of halogens is 1. The Balaban J connectivity index is 1.46. The number of nitrogens with zero attached hydrogens (tertiary/aromatic N) is 3. The second-order valence-electron chi connectivity index (χ2n) is 7.73. The van der Waals surface area contributed by atoms with Crippen LogP contribution in [-0.2, 0) is 11.2 Å². The monoisotopic (exact) mass is 448 g/mol. The topological polar surface area (TPSA) is 65.5 Å². The third-order valence-electron chi connectivity index (χ3n) is 5.54. The first kappa shape index (κ1) is 21.8. The van der Waals surface area contributed by atoms with Crippen LogP contribution in [0, 0.1) is 0 Å². The highest BCUT2D eigenvalue weighted by molar-refractivity contribution is 6.31. The van der Waals surface area contributed by atoms with Crippen LogP contribution < -0.4 is 10.2 Å². The van der Waals surface area contributed by atoms with Crippen molar-refractivity contribution in [2.45, 2.75) is 12.5 Å². The lowest BCUT2D eigenvalue weighted by molar-refractivity contribution is -0.133. The molecule has 32 heavy (non-hydrogen) atoms. The van der Waals surface area contributed by atoms with Gasteiger partial charge in [-0.05, 0) is 35.9 Å². The van der Waals surface area contributed by atoms with Gasteiger partial charge in [0.1, 0.15) is 11.9 Å². The van der Waals surface area contributed by atoms with Gasteiger partial charge in [-0.3, -0.25) is 9.59 Å². The molecule has 2 aromatic carbocycles. The van der Waals surface area contributed by atoms with Crippen LogP contribution in [0.25, 0.3) is 0 Å². The van der Waals surface area contributed by atoms with Crippen LogP contribution in [0.5, 0.6) is 0 Å². The molecule has 1 fully saturated rings. The van der Waals surface area contributed by atoms with E-state index in [4.69, 9.17) is 11.6 Å². The van der Waals surface area contributed by atoms with Gasteiger partial charge in [-0.1, -0.05) is 54.1 Å². The average molecular weight is 449 g/mol. The Bertz CT molecular complexity index is 1050. The largest absolute Gasteiger partial charge is 0.353 e. The summed E-state index contributed by atoms with van der Waals surface area (Å²) in [6.45, 7) is 2.55. The van der Waals surface area contributed by atoms with E-state index in [0.29, 0.717) is 43.2 Å². The summed E-state index contributed by atoms with van der Waals surface area (Å²) in [4.78, 5) is 34.7. The molecule has 1 N–H and O–H groups in total. The summed E-state index contributed by atoms with van der Waals surface area (Å²) < 4.78 is 0. The highest BCUT2D eigenvalue weighted by atomic mass is 35.5. The van der Waals surface area contributed by atoms with Crippen molar-refractivity contribution < 1.29 is 9.59 Å². The van der Waals surface area contributed by atoms with E-state index < -0.39 is 6.04 Å². The van der Waals surface area contributed by atoms with Gasteiger partial charge in [0.15, 0.2) is 0 Å². The van der Waals surface area contributed by atoms with Gasteiger partial charge in [-0.15, -0.1) is 0 Å². The molecule has 7 heteroatoms. The number of aromatic nitrogens is 1. The standard InChI is InChI=1S/C25H25ClN4O2/c26-21-10-6-9-20(18-21)24(31)28-22(17-19-7-2-1-3-8-19)25(32)30-15-13-29(14-16-30)23-11-4-5-12-27-23/h1-12,18,22H,13-17H2,(H,28,31)/t22-/m1/s1. The van der Waals surface area contributed by atoms with Crippen molar-refractivity contribution in [3.63, 3.8) is 0 Å². The summed E-state index contributed by atoms with van der Waals surface area (Å²) in [6.07, 6.45) is 2.19. The molecule has 164 valence electrons. The molecule has 1 saturated heterocycles. The van der Waals surface area contributed by atoms with Gasteiger partial charge in [0.05, 0.1) is 0 Å². The Morgan fingerprint density at radius 1 is 0.938 bits per heavy atom. The maximum atomic E-state index is 13.4. The zero-order valence-corrected chi connectivity index (χ0v) is 18.4. The molecule has 1 aliphatic heterocycles. The van der Waals surface area contributed by atoms with Crippen LogP contribution in [0.3, 0.4) is 0 Å². The smallest absolute Gasteiger partial charge is 0.251 e. The van der Waals surface area contributed by atoms with E-state index in [-0.39, 0.29) is 11.8 Å². The molecule has 0 aliphatic carbocycles. The van der Waals surface area contributed by atoms with E-state index in [1.54, 1.807) is 30.5 Å².